The summed E-state index contributed by atoms with van der Waals surface area (Å²) >= 11 is 0. The molecule has 0 radical (unpaired) electrons. The quantitative estimate of drug-likeness (QED) is 0.498. The van der Waals surface area contributed by atoms with E-state index in [2.05, 4.69) is 46.6 Å². The molecule has 1 aliphatic carbocycles. The van der Waals surface area contributed by atoms with Crippen molar-refractivity contribution in [1.82, 2.24) is 5.01 Å². The zero-order chi connectivity index (χ0) is 21.2. The Labute approximate surface area is 177 Å². The second kappa shape index (κ2) is 4.90. The lowest BCUT2D eigenvalue weighted by molar-refractivity contribution is -0.127. The number of hydrogen-bond acceptors (Lipinski definition) is 7. The molecule has 0 aromatic heterocycles. The lowest BCUT2D eigenvalue weighted by atomic mass is 9.46. The van der Waals surface area contributed by atoms with Crippen LogP contribution in [0.1, 0.15) is 59.9 Å². The van der Waals surface area contributed by atoms with Crippen LogP contribution < -0.4 is 0 Å². The molecular formula is C23H28N6O. The van der Waals surface area contributed by atoms with Crippen LogP contribution in [0.4, 0.5) is 0 Å². The van der Waals surface area contributed by atoms with Crippen molar-refractivity contribution in [2.75, 3.05) is 0 Å². The molecule has 2 spiro atoms. The Kier molecular flexibility index (Phi) is 3.00. The van der Waals surface area contributed by atoms with E-state index in [1.54, 1.807) is 0 Å². The van der Waals surface area contributed by atoms with Gasteiger partial charge in [0.2, 0.25) is 0 Å². The van der Waals surface area contributed by atoms with Crippen LogP contribution in [0, 0.1) is 10.8 Å². The van der Waals surface area contributed by atoms with Gasteiger partial charge in [0.05, 0.1) is 17.0 Å². The maximum absolute atomic E-state index is 6.73. The van der Waals surface area contributed by atoms with Crippen molar-refractivity contribution < 1.29 is 4.74 Å². The summed E-state index contributed by atoms with van der Waals surface area (Å²) in [5, 5.41) is 26.5. The standard InChI is InChI=1S/C23H28N6O/c1-15-12-22-18(3)25-27-20(22,5)30-21(6)23(22,13-16(15)2)19(4,26-28-21)29(18)24-14-17-10-8-7-9-11-17/h7-11,14H,12-13H2,1-6H3. The Morgan fingerprint density at radius 1 is 0.833 bits per heavy atom. The van der Waals surface area contributed by atoms with E-state index in [1.165, 1.54) is 11.1 Å². The number of hydrogen-bond donors (Lipinski definition) is 0. The SMILES string of the molecule is CC1=C(C)CC23C4(C)N=NC2(C)N(N=Cc2ccccc2)C2(C)N=NC(C)(O4)C23C1. The van der Waals surface area contributed by atoms with Crippen LogP contribution >= 0.6 is 0 Å². The number of nitrogens with zero attached hydrogens (tertiary/aromatic N) is 6. The highest BCUT2D eigenvalue weighted by atomic mass is 16.6. The molecular weight excluding hydrogens is 376 g/mol. The summed E-state index contributed by atoms with van der Waals surface area (Å²) in [7, 11) is 0. The van der Waals surface area contributed by atoms with Gasteiger partial charge in [-0.1, -0.05) is 41.5 Å². The smallest absolute Gasteiger partial charge is 0.190 e. The fourth-order valence-corrected chi connectivity index (χ4v) is 7.63. The summed E-state index contributed by atoms with van der Waals surface area (Å²) in [6.07, 6.45) is 3.61. The van der Waals surface area contributed by atoms with Gasteiger partial charge in [0, 0.05) is 0 Å². The van der Waals surface area contributed by atoms with E-state index in [9.17, 15) is 0 Å². The molecule has 6 atom stereocenters. The molecule has 4 heterocycles. The minimum Gasteiger partial charge on any atom is -0.322 e. The van der Waals surface area contributed by atoms with Gasteiger partial charge in [0.25, 0.3) is 0 Å². The third kappa shape index (κ3) is 1.50. The van der Waals surface area contributed by atoms with Crippen LogP contribution in [-0.2, 0) is 4.74 Å². The fraction of sp³-hybridized carbons (Fsp3) is 0.609. The molecule has 0 bridgehead atoms. The molecule has 4 aliphatic heterocycles. The Balaban J connectivity index is 1.64. The van der Waals surface area contributed by atoms with Crippen molar-refractivity contribution in [2.24, 2.45) is 36.4 Å². The molecule has 5 aliphatic rings. The first-order chi connectivity index (χ1) is 14.1. The molecule has 0 amide bonds. The topological polar surface area (TPSA) is 74.3 Å². The van der Waals surface area contributed by atoms with E-state index in [1.807, 2.05) is 36.5 Å². The average molecular weight is 405 g/mol. The number of hydrazone groups is 1. The van der Waals surface area contributed by atoms with Crippen molar-refractivity contribution in [3.05, 3.63) is 47.0 Å². The highest BCUT2D eigenvalue weighted by molar-refractivity contribution is 5.79. The normalized spacial score (nSPS) is 50.1. The molecule has 0 saturated carbocycles. The van der Waals surface area contributed by atoms with Crippen LogP contribution in [0.15, 0.2) is 67.0 Å². The average Bonchev–Trinajstić information content (AvgIpc) is 3.18. The van der Waals surface area contributed by atoms with Gasteiger partial charge in [0.1, 0.15) is 0 Å². The number of ether oxygens (including phenoxy) is 1. The first-order valence-corrected chi connectivity index (χ1v) is 10.7. The highest BCUT2D eigenvalue weighted by Gasteiger charge is 2.97. The molecule has 1 aromatic rings. The number of benzene rings is 1. The van der Waals surface area contributed by atoms with E-state index < -0.39 is 33.6 Å². The van der Waals surface area contributed by atoms with E-state index in [0.717, 1.165) is 18.4 Å². The summed E-state index contributed by atoms with van der Waals surface area (Å²) in [5.41, 5.74) is 0.114. The zero-order valence-electron chi connectivity index (χ0n) is 18.5. The zero-order valence-corrected chi connectivity index (χ0v) is 18.5. The van der Waals surface area contributed by atoms with Gasteiger partial charge in [-0.15, -0.1) is 0 Å². The van der Waals surface area contributed by atoms with Crippen LogP contribution in [-0.4, -0.2) is 34.0 Å². The van der Waals surface area contributed by atoms with Gasteiger partial charge in [-0.25, -0.2) is 5.01 Å². The maximum atomic E-state index is 6.73. The minimum atomic E-state index is -0.768. The summed E-state index contributed by atoms with van der Waals surface area (Å²) in [5.74, 6) is 0. The highest BCUT2D eigenvalue weighted by Crippen LogP contribution is 2.86. The van der Waals surface area contributed by atoms with Crippen LogP contribution in [0.25, 0.3) is 0 Å². The molecule has 1 aromatic carbocycles. The Bertz CT molecular complexity index is 1040. The third-order valence-electron chi connectivity index (χ3n) is 8.93. The summed E-state index contributed by atoms with van der Waals surface area (Å²) in [6, 6.07) is 10.1. The van der Waals surface area contributed by atoms with Crippen molar-refractivity contribution >= 4 is 6.21 Å². The van der Waals surface area contributed by atoms with Crippen molar-refractivity contribution in [3.8, 4) is 0 Å². The monoisotopic (exact) mass is 404 g/mol. The van der Waals surface area contributed by atoms with Gasteiger partial charge in [-0.3, -0.25) is 0 Å². The summed E-state index contributed by atoms with van der Waals surface area (Å²) in [4.78, 5) is 0. The molecule has 7 nitrogen and oxygen atoms in total. The van der Waals surface area contributed by atoms with Gasteiger partial charge in [0.15, 0.2) is 22.8 Å². The van der Waals surface area contributed by atoms with Crippen molar-refractivity contribution in [1.29, 1.82) is 0 Å². The first-order valence-electron chi connectivity index (χ1n) is 10.7. The van der Waals surface area contributed by atoms with Crippen LogP contribution in [0.2, 0.25) is 0 Å². The van der Waals surface area contributed by atoms with E-state index in [-0.39, 0.29) is 0 Å². The number of allylic oxidation sites excluding steroid dienone is 2. The molecule has 156 valence electrons. The molecule has 2 saturated heterocycles. The molecule has 30 heavy (non-hydrogen) atoms. The first kappa shape index (κ1) is 18.4. The third-order valence-corrected chi connectivity index (χ3v) is 8.93. The summed E-state index contributed by atoms with van der Waals surface area (Å²) in [6.45, 7) is 13.0. The van der Waals surface area contributed by atoms with Gasteiger partial charge in [-0.2, -0.15) is 25.6 Å². The van der Waals surface area contributed by atoms with Gasteiger partial charge < -0.3 is 4.74 Å². The number of rotatable bonds is 2. The van der Waals surface area contributed by atoms with Gasteiger partial charge >= 0.3 is 0 Å². The maximum Gasteiger partial charge on any atom is 0.190 e. The van der Waals surface area contributed by atoms with E-state index in [4.69, 9.17) is 30.3 Å². The molecule has 7 heteroatoms. The van der Waals surface area contributed by atoms with Crippen molar-refractivity contribution in [2.45, 2.75) is 77.2 Å². The van der Waals surface area contributed by atoms with E-state index in [0.29, 0.717) is 0 Å². The molecule has 0 N–H and O–H groups in total. The second-order valence-electron chi connectivity index (χ2n) is 10.2. The molecule has 6 unspecified atom stereocenters. The van der Waals surface area contributed by atoms with Crippen LogP contribution in [0.3, 0.4) is 0 Å². The summed E-state index contributed by atoms with van der Waals surface area (Å²) < 4.78 is 6.73. The fourth-order valence-electron chi connectivity index (χ4n) is 7.63. The van der Waals surface area contributed by atoms with Gasteiger partial charge in [-0.05, 0) is 59.9 Å². The predicted molar refractivity (Wildman–Crippen MR) is 113 cm³/mol. The largest absolute Gasteiger partial charge is 0.322 e. The van der Waals surface area contributed by atoms with Crippen LogP contribution in [0.5, 0.6) is 0 Å². The number of azo groups is 2. The lowest BCUT2D eigenvalue weighted by Gasteiger charge is -2.51. The lowest BCUT2D eigenvalue weighted by Crippen LogP contribution is -2.60. The van der Waals surface area contributed by atoms with E-state index >= 15 is 0 Å². The molecule has 2 fully saturated rings. The Morgan fingerprint density at radius 2 is 1.33 bits per heavy atom. The molecule has 6 rings (SSSR count). The Hall–Kier alpha value is -2.41. The van der Waals surface area contributed by atoms with Crippen molar-refractivity contribution in [3.63, 3.8) is 0 Å². The Morgan fingerprint density at radius 3 is 1.83 bits per heavy atom. The predicted octanol–water partition coefficient (Wildman–Crippen LogP) is 5.27. The minimum absolute atomic E-state index is 0.405. The second-order valence-corrected chi connectivity index (χ2v) is 10.2.